The van der Waals surface area contributed by atoms with Gasteiger partial charge in [0.15, 0.2) is 0 Å². The van der Waals surface area contributed by atoms with Crippen LogP contribution in [0.25, 0.3) is 0 Å². The SMILES string of the molecule is CCC1(CN2CCCC(C)(OC)C2)CCCNC1. The molecule has 0 aliphatic carbocycles. The molecule has 3 heteroatoms. The number of rotatable bonds is 4. The smallest absolute Gasteiger partial charge is 0.0777 e. The molecule has 2 aliphatic heterocycles. The summed E-state index contributed by atoms with van der Waals surface area (Å²) in [5.74, 6) is 0. The van der Waals surface area contributed by atoms with Crippen LogP contribution < -0.4 is 5.32 Å². The number of nitrogens with one attached hydrogen (secondary N) is 1. The van der Waals surface area contributed by atoms with Crippen molar-refractivity contribution >= 4 is 0 Å². The first-order chi connectivity index (χ1) is 8.61. The maximum absolute atomic E-state index is 5.71. The van der Waals surface area contributed by atoms with Crippen molar-refractivity contribution in [2.75, 3.05) is 39.8 Å². The maximum Gasteiger partial charge on any atom is 0.0777 e. The number of nitrogens with zero attached hydrogens (tertiary/aromatic N) is 1. The number of hydrogen-bond donors (Lipinski definition) is 1. The van der Waals surface area contributed by atoms with E-state index in [9.17, 15) is 0 Å². The van der Waals surface area contributed by atoms with Gasteiger partial charge in [-0.3, -0.25) is 4.90 Å². The molecule has 2 heterocycles. The average Bonchev–Trinajstić information content (AvgIpc) is 2.40. The lowest BCUT2D eigenvalue weighted by atomic mass is 9.77. The average molecular weight is 254 g/mol. The highest BCUT2D eigenvalue weighted by molar-refractivity contribution is 4.91. The zero-order valence-corrected chi connectivity index (χ0v) is 12.4. The molecule has 18 heavy (non-hydrogen) atoms. The van der Waals surface area contributed by atoms with E-state index in [1.807, 2.05) is 7.11 Å². The van der Waals surface area contributed by atoms with Crippen LogP contribution in [0.15, 0.2) is 0 Å². The first kappa shape index (κ1) is 14.3. The van der Waals surface area contributed by atoms with Crippen LogP contribution >= 0.6 is 0 Å². The molecule has 0 spiro atoms. The predicted molar refractivity (Wildman–Crippen MR) is 75.9 cm³/mol. The third-order valence-electron chi connectivity index (χ3n) is 5.10. The summed E-state index contributed by atoms with van der Waals surface area (Å²) in [5.41, 5.74) is 0.583. The molecule has 2 aliphatic rings. The number of likely N-dealkylation sites (tertiary alicyclic amines) is 1. The Hall–Kier alpha value is -0.120. The molecule has 1 N–H and O–H groups in total. The minimum atomic E-state index is 0.0786. The Labute approximate surface area is 112 Å². The molecular weight excluding hydrogens is 224 g/mol. The fraction of sp³-hybridized carbons (Fsp3) is 1.00. The molecule has 0 radical (unpaired) electrons. The van der Waals surface area contributed by atoms with Crippen molar-refractivity contribution in [2.45, 2.75) is 51.6 Å². The van der Waals surface area contributed by atoms with Gasteiger partial charge < -0.3 is 10.1 Å². The van der Waals surface area contributed by atoms with Crippen molar-refractivity contribution < 1.29 is 4.74 Å². The number of methoxy groups -OCH3 is 1. The minimum Gasteiger partial charge on any atom is -0.377 e. The van der Waals surface area contributed by atoms with Crippen molar-refractivity contribution in [1.29, 1.82) is 0 Å². The van der Waals surface area contributed by atoms with Crippen LogP contribution in [0.5, 0.6) is 0 Å². The number of hydrogen-bond acceptors (Lipinski definition) is 3. The summed E-state index contributed by atoms with van der Waals surface area (Å²) in [6.07, 6.45) is 6.50. The second-order valence-electron chi connectivity index (χ2n) is 6.60. The van der Waals surface area contributed by atoms with E-state index in [0.717, 1.165) is 6.54 Å². The molecule has 2 saturated heterocycles. The molecule has 0 aromatic rings. The molecule has 0 aromatic heterocycles. The van der Waals surface area contributed by atoms with E-state index in [-0.39, 0.29) is 5.60 Å². The lowest BCUT2D eigenvalue weighted by Gasteiger charge is -2.46. The van der Waals surface area contributed by atoms with E-state index in [1.165, 1.54) is 58.3 Å². The Morgan fingerprint density at radius 2 is 2.11 bits per heavy atom. The van der Waals surface area contributed by atoms with Gasteiger partial charge in [0.1, 0.15) is 0 Å². The minimum absolute atomic E-state index is 0.0786. The van der Waals surface area contributed by atoms with Gasteiger partial charge in [-0.1, -0.05) is 6.92 Å². The van der Waals surface area contributed by atoms with Gasteiger partial charge in [-0.15, -0.1) is 0 Å². The molecule has 2 unspecified atom stereocenters. The van der Waals surface area contributed by atoms with Gasteiger partial charge in [0, 0.05) is 26.7 Å². The van der Waals surface area contributed by atoms with Crippen LogP contribution in [0.2, 0.25) is 0 Å². The van der Waals surface area contributed by atoms with Gasteiger partial charge in [-0.05, 0) is 57.5 Å². The molecule has 0 amide bonds. The van der Waals surface area contributed by atoms with Crippen molar-refractivity contribution in [3.8, 4) is 0 Å². The normalized spacial score (nSPS) is 38.8. The Morgan fingerprint density at radius 3 is 2.72 bits per heavy atom. The quantitative estimate of drug-likeness (QED) is 0.833. The molecule has 2 atom stereocenters. The second kappa shape index (κ2) is 5.89. The summed E-state index contributed by atoms with van der Waals surface area (Å²) in [6, 6.07) is 0. The van der Waals surface area contributed by atoms with Crippen molar-refractivity contribution in [3.05, 3.63) is 0 Å². The molecule has 0 bridgehead atoms. The van der Waals surface area contributed by atoms with Crippen molar-refractivity contribution in [1.82, 2.24) is 10.2 Å². The molecule has 2 rings (SSSR count). The zero-order valence-electron chi connectivity index (χ0n) is 12.4. The summed E-state index contributed by atoms with van der Waals surface area (Å²) >= 11 is 0. The summed E-state index contributed by atoms with van der Waals surface area (Å²) in [6.45, 7) is 10.6. The standard InChI is InChI=1S/C15H30N2O/c1-4-15(8-5-9-16-11-15)13-17-10-6-7-14(2,12-17)18-3/h16H,4-13H2,1-3H3. The van der Waals surface area contributed by atoms with Crippen LogP contribution in [0.1, 0.15) is 46.0 Å². The molecular formula is C15H30N2O. The first-order valence-electron chi connectivity index (χ1n) is 7.60. The van der Waals surface area contributed by atoms with Crippen LogP contribution in [0, 0.1) is 5.41 Å². The molecule has 2 fully saturated rings. The van der Waals surface area contributed by atoms with Crippen molar-refractivity contribution in [2.24, 2.45) is 5.41 Å². The van der Waals surface area contributed by atoms with Gasteiger partial charge in [-0.25, -0.2) is 0 Å². The van der Waals surface area contributed by atoms with Crippen LogP contribution in [0.3, 0.4) is 0 Å². The molecule has 0 aromatic carbocycles. The summed E-state index contributed by atoms with van der Waals surface area (Å²) in [5, 5.41) is 3.59. The highest BCUT2D eigenvalue weighted by atomic mass is 16.5. The predicted octanol–water partition coefficient (Wildman–Crippen LogP) is 2.27. The largest absolute Gasteiger partial charge is 0.377 e. The highest BCUT2D eigenvalue weighted by Gasteiger charge is 2.36. The first-order valence-corrected chi connectivity index (χ1v) is 7.60. The molecule has 0 saturated carbocycles. The highest BCUT2D eigenvalue weighted by Crippen LogP contribution is 2.33. The molecule has 3 nitrogen and oxygen atoms in total. The Balaban J connectivity index is 1.94. The second-order valence-corrected chi connectivity index (χ2v) is 6.60. The van der Waals surface area contributed by atoms with E-state index < -0.39 is 0 Å². The zero-order chi connectivity index (χ0) is 13.1. The Morgan fingerprint density at radius 1 is 1.28 bits per heavy atom. The summed E-state index contributed by atoms with van der Waals surface area (Å²) < 4.78 is 5.71. The summed E-state index contributed by atoms with van der Waals surface area (Å²) in [4.78, 5) is 2.64. The van der Waals surface area contributed by atoms with Gasteiger partial charge >= 0.3 is 0 Å². The number of piperidine rings is 2. The third-order valence-corrected chi connectivity index (χ3v) is 5.10. The lowest BCUT2D eigenvalue weighted by Crippen LogP contribution is -2.53. The summed E-state index contributed by atoms with van der Waals surface area (Å²) in [7, 11) is 1.86. The van der Waals surface area contributed by atoms with Crippen LogP contribution in [0.4, 0.5) is 0 Å². The fourth-order valence-corrected chi connectivity index (χ4v) is 3.66. The third kappa shape index (κ3) is 3.25. The van der Waals surface area contributed by atoms with E-state index in [1.54, 1.807) is 0 Å². The monoisotopic (exact) mass is 254 g/mol. The van der Waals surface area contributed by atoms with Gasteiger partial charge in [0.25, 0.3) is 0 Å². The van der Waals surface area contributed by atoms with Crippen LogP contribution in [-0.4, -0.2) is 50.3 Å². The van der Waals surface area contributed by atoms with E-state index in [0.29, 0.717) is 5.41 Å². The van der Waals surface area contributed by atoms with E-state index >= 15 is 0 Å². The Kier molecular flexibility index (Phi) is 4.68. The van der Waals surface area contributed by atoms with Crippen molar-refractivity contribution in [3.63, 3.8) is 0 Å². The van der Waals surface area contributed by atoms with Gasteiger partial charge in [-0.2, -0.15) is 0 Å². The fourth-order valence-electron chi connectivity index (χ4n) is 3.66. The molecule has 106 valence electrons. The Bertz CT molecular complexity index is 263. The maximum atomic E-state index is 5.71. The van der Waals surface area contributed by atoms with Gasteiger partial charge in [0.2, 0.25) is 0 Å². The lowest BCUT2D eigenvalue weighted by molar-refractivity contribution is -0.0613. The van der Waals surface area contributed by atoms with Gasteiger partial charge in [0.05, 0.1) is 5.60 Å². The van der Waals surface area contributed by atoms with Crippen LogP contribution in [-0.2, 0) is 4.74 Å². The van der Waals surface area contributed by atoms with E-state index in [2.05, 4.69) is 24.1 Å². The van der Waals surface area contributed by atoms with E-state index in [4.69, 9.17) is 4.74 Å². The number of ether oxygens (including phenoxy) is 1. The topological polar surface area (TPSA) is 24.5 Å².